The van der Waals surface area contributed by atoms with Crippen molar-refractivity contribution in [3.63, 3.8) is 0 Å². The number of benzene rings is 1. The summed E-state index contributed by atoms with van der Waals surface area (Å²) in [7, 11) is 1.51. The number of amides is 2. The molecule has 1 aliphatic rings. The summed E-state index contributed by atoms with van der Waals surface area (Å²) in [5, 5.41) is 12.6. The third-order valence-electron chi connectivity index (χ3n) is 6.63. The molecule has 0 spiro atoms. The van der Waals surface area contributed by atoms with E-state index < -0.39 is 18.0 Å². The zero-order valence-corrected chi connectivity index (χ0v) is 22.1. The predicted molar refractivity (Wildman–Crippen MR) is 144 cm³/mol. The van der Waals surface area contributed by atoms with E-state index in [4.69, 9.17) is 4.74 Å². The van der Waals surface area contributed by atoms with E-state index in [1.807, 2.05) is 24.3 Å². The molecule has 0 radical (unpaired) electrons. The molecule has 3 heterocycles. The second-order valence-corrected chi connectivity index (χ2v) is 10.2. The minimum absolute atomic E-state index is 0.0854. The third-order valence-corrected chi connectivity index (χ3v) is 6.63. The molecule has 1 aliphatic heterocycles. The number of aromatic nitrogens is 2. The van der Waals surface area contributed by atoms with Crippen molar-refractivity contribution in [1.82, 2.24) is 14.9 Å². The van der Waals surface area contributed by atoms with Crippen molar-refractivity contribution in [2.24, 2.45) is 0 Å². The zero-order valence-electron chi connectivity index (χ0n) is 22.1. The summed E-state index contributed by atoms with van der Waals surface area (Å²) in [4.78, 5) is 39.4. The first kappa shape index (κ1) is 26.6. The van der Waals surface area contributed by atoms with Crippen LogP contribution in [-0.2, 0) is 15.0 Å². The van der Waals surface area contributed by atoms with Crippen molar-refractivity contribution in [2.45, 2.75) is 51.1 Å². The lowest BCUT2D eigenvalue weighted by Crippen LogP contribution is -2.49. The number of hydrogen-bond donors (Lipinski definition) is 1. The zero-order chi connectivity index (χ0) is 27.3. The van der Waals surface area contributed by atoms with E-state index in [1.54, 1.807) is 36.7 Å². The number of nitrogens with one attached hydrogen (secondary N) is 1. The molecule has 0 bridgehead atoms. The number of nitriles is 1. The summed E-state index contributed by atoms with van der Waals surface area (Å²) in [6.45, 7) is 6.85. The Morgan fingerprint density at radius 2 is 1.92 bits per heavy atom. The van der Waals surface area contributed by atoms with Crippen LogP contribution < -0.4 is 15.0 Å². The van der Waals surface area contributed by atoms with Gasteiger partial charge in [0.15, 0.2) is 6.19 Å². The number of pyridine rings is 2. The van der Waals surface area contributed by atoms with Crippen molar-refractivity contribution >= 4 is 23.2 Å². The summed E-state index contributed by atoms with van der Waals surface area (Å²) in [5.74, 6) is -0.329. The molecule has 38 heavy (non-hydrogen) atoms. The van der Waals surface area contributed by atoms with Crippen LogP contribution in [0.25, 0.3) is 0 Å². The Kier molecular flexibility index (Phi) is 7.91. The number of carbonyl (C=O) groups excluding carboxylic acids is 2. The van der Waals surface area contributed by atoms with Crippen LogP contribution in [0, 0.1) is 11.5 Å². The molecule has 1 fully saturated rings. The topological polar surface area (TPSA) is 111 Å². The van der Waals surface area contributed by atoms with Crippen molar-refractivity contribution < 1.29 is 14.3 Å². The number of hydrogen-bond acceptors (Lipinski definition) is 7. The maximum atomic E-state index is 14.2. The van der Waals surface area contributed by atoms with E-state index in [0.717, 1.165) is 12.0 Å². The van der Waals surface area contributed by atoms with E-state index in [9.17, 15) is 14.9 Å². The number of methoxy groups -OCH3 is 1. The van der Waals surface area contributed by atoms with Crippen LogP contribution in [0.15, 0.2) is 67.1 Å². The second kappa shape index (κ2) is 11.3. The molecular weight excluding hydrogens is 480 g/mol. The lowest BCUT2D eigenvalue weighted by molar-refractivity contribution is -0.126. The van der Waals surface area contributed by atoms with E-state index in [0.29, 0.717) is 35.8 Å². The minimum Gasteiger partial charge on any atom is -0.481 e. The quantitative estimate of drug-likeness (QED) is 0.466. The number of carbonyl (C=O) groups is 2. The van der Waals surface area contributed by atoms with Crippen molar-refractivity contribution in [2.75, 3.05) is 23.9 Å². The molecule has 2 aromatic heterocycles. The average Bonchev–Trinajstić information content (AvgIpc) is 3.41. The molecule has 2 amide bonds. The van der Waals surface area contributed by atoms with Gasteiger partial charge in [0.2, 0.25) is 5.88 Å². The maximum Gasteiger partial charge on any atom is 0.252 e. The van der Waals surface area contributed by atoms with Gasteiger partial charge in [0, 0.05) is 36.3 Å². The highest BCUT2D eigenvalue weighted by Gasteiger charge is 2.40. The SMILES string of the molecule is COc1ccc(NC(=O)C(c2cccnc2)N(C(=O)[C@H]2CCCN2C#N)c2ccc(C(C)(C)C)cc2)cn1. The first-order valence-electron chi connectivity index (χ1n) is 12.5. The van der Waals surface area contributed by atoms with E-state index in [-0.39, 0.29) is 11.3 Å². The molecule has 3 aromatic rings. The fourth-order valence-electron chi connectivity index (χ4n) is 4.57. The van der Waals surface area contributed by atoms with Crippen LogP contribution in [0.4, 0.5) is 11.4 Å². The summed E-state index contributed by atoms with van der Waals surface area (Å²) >= 11 is 0. The van der Waals surface area contributed by atoms with Gasteiger partial charge in [-0.1, -0.05) is 39.0 Å². The lowest BCUT2D eigenvalue weighted by Gasteiger charge is -2.34. The fourth-order valence-corrected chi connectivity index (χ4v) is 4.57. The standard InChI is InChI=1S/C29H32N6O3/c1-29(2,3)21-9-12-23(13-10-21)35(28(37)24-8-6-16-34(24)19-30)26(20-7-5-15-31-17-20)27(36)33-22-11-14-25(38-4)32-18-22/h5,7,9-15,17-18,24,26H,6,8,16H2,1-4H3,(H,33,36)/t24-,26?/m1/s1. The summed E-state index contributed by atoms with van der Waals surface area (Å²) < 4.78 is 5.11. The van der Waals surface area contributed by atoms with Gasteiger partial charge in [0.05, 0.1) is 19.0 Å². The largest absolute Gasteiger partial charge is 0.481 e. The molecule has 0 saturated carbocycles. The Balaban J connectivity index is 1.80. The van der Waals surface area contributed by atoms with Gasteiger partial charge in [-0.3, -0.25) is 24.4 Å². The average molecular weight is 513 g/mol. The number of rotatable bonds is 7. The van der Waals surface area contributed by atoms with Crippen LogP contribution >= 0.6 is 0 Å². The number of nitrogens with zero attached hydrogens (tertiary/aromatic N) is 5. The smallest absolute Gasteiger partial charge is 0.252 e. The first-order chi connectivity index (χ1) is 18.2. The van der Waals surface area contributed by atoms with Gasteiger partial charge < -0.3 is 10.1 Å². The van der Waals surface area contributed by atoms with E-state index >= 15 is 0 Å². The molecule has 4 rings (SSSR count). The van der Waals surface area contributed by atoms with Crippen LogP contribution in [0.2, 0.25) is 0 Å². The van der Waals surface area contributed by atoms with Gasteiger partial charge in [0.25, 0.3) is 11.8 Å². The highest BCUT2D eigenvalue weighted by atomic mass is 16.5. The molecule has 2 atom stereocenters. The van der Waals surface area contributed by atoms with E-state index in [1.165, 1.54) is 23.1 Å². The summed E-state index contributed by atoms with van der Waals surface area (Å²) in [6.07, 6.45) is 8.09. The molecule has 9 nitrogen and oxygen atoms in total. The van der Waals surface area contributed by atoms with Crippen molar-refractivity contribution in [1.29, 1.82) is 5.26 Å². The number of ether oxygens (including phenoxy) is 1. The first-order valence-corrected chi connectivity index (χ1v) is 12.5. The number of likely N-dealkylation sites (tertiary alicyclic amines) is 1. The highest BCUT2D eigenvalue weighted by molar-refractivity contribution is 6.07. The normalized spacial score (nSPS) is 15.9. The summed E-state index contributed by atoms with van der Waals surface area (Å²) in [5.41, 5.74) is 2.57. The molecule has 1 saturated heterocycles. The Morgan fingerprint density at radius 1 is 1.16 bits per heavy atom. The molecule has 1 aromatic carbocycles. The van der Waals surface area contributed by atoms with Crippen molar-refractivity contribution in [3.8, 4) is 12.1 Å². The Morgan fingerprint density at radius 3 is 2.50 bits per heavy atom. The predicted octanol–water partition coefficient (Wildman–Crippen LogP) is 4.44. The van der Waals surface area contributed by atoms with Gasteiger partial charge in [-0.2, -0.15) is 5.26 Å². The minimum atomic E-state index is -1.04. The van der Waals surface area contributed by atoms with Crippen LogP contribution in [0.3, 0.4) is 0 Å². The van der Waals surface area contributed by atoms with E-state index in [2.05, 4.69) is 42.2 Å². The monoisotopic (exact) mass is 512 g/mol. The highest BCUT2D eigenvalue weighted by Crippen LogP contribution is 2.33. The van der Waals surface area contributed by atoms with Crippen LogP contribution in [0.1, 0.15) is 50.8 Å². The lowest BCUT2D eigenvalue weighted by atomic mass is 9.87. The Labute approximate surface area is 223 Å². The molecule has 1 unspecified atom stereocenters. The van der Waals surface area contributed by atoms with Gasteiger partial charge in [-0.05, 0) is 48.1 Å². The van der Waals surface area contributed by atoms with Gasteiger partial charge in [0.1, 0.15) is 12.1 Å². The van der Waals surface area contributed by atoms with Gasteiger partial charge in [-0.25, -0.2) is 4.98 Å². The van der Waals surface area contributed by atoms with Crippen molar-refractivity contribution in [3.05, 3.63) is 78.2 Å². The second-order valence-electron chi connectivity index (χ2n) is 10.2. The fraction of sp³-hybridized carbons (Fsp3) is 0.345. The molecule has 196 valence electrons. The maximum absolute atomic E-state index is 14.2. The molecular formula is C29H32N6O3. The number of anilines is 2. The van der Waals surface area contributed by atoms with Crippen LogP contribution in [0.5, 0.6) is 5.88 Å². The summed E-state index contributed by atoms with van der Waals surface area (Å²) in [6, 6.07) is 12.8. The molecule has 9 heteroatoms. The molecule has 1 N–H and O–H groups in total. The van der Waals surface area contributed by atoms with Crippen LogP contribution in [-0.4, -0.2) is 46.4 Å². The van der Waals surface area contributed by atoms with Gasteiger partial charge >= 0.3 is 0 Å². The Hall–Kier alpha value is -4.45. The molecule has 0 aliphatic carbocycles. The Bertz CT molecular complexity index is 1300. The van der Waals surface area contributed by atoms with Gasteiger partial charge in [-0.15, -0.1) is 0 Å². The third kappa shape index (κ3) is 5.75.